The molecule has 1 saturated carbocycles. The van der Waals surface area contributed by atoms with E-state index in [9.17, 15) is 14.8 Å². The van der Waals surface area contributed by atoms with Crippen LogP contribution in [0.1, 0.15) is 29.5 Å². The summed E-state index contributed by atoms with van der Waals surface area (Å²) in [7, 11) is 0.453. The van der Waals surface area contributed by atoms with Crippen LogP contribution in [0.5, 0.6) is 17.5 Å². The molecule has 35 heavy (non-hydrogen) atoms. The zero-order valence-electron chi connectivity index (χ0n) is 20.4. The first-order valence-corrected chi connectivity index (χ1v) is 14.1. The third-order valence-electron chi connectivity index (χ3n) is 7.51. The van der Waals surface area contributed by atoms with Gasteiger partial charge in [-0.25, -0.2) is 0 Å². The van der Waals surface area contributed by atoms with Gasteiger partial charge in [0.2, 0.25) is 11.8 Å². The van der Waals surface area contributed by atoms with Gasteiger partial charge < -0.3 is 29.0 Å². The molecule has 7 nitrogen and oxygen atoms in total. The Bertz CT molecular complexity index is 1310. The van der Waals surface area contributed by atoms with Gasteiger partial charge >= 0.3 is 0 Å². The SMILES string of the molecule is COc1cc2c(c(OC)n1)[C@]1(O)[C@H](O)[C@H](C)[C@@H](c3ccccc3)[C@]1(c1ccc(P(C)(C)=O)cc1)O2. The van der Waals surface area contributed by atoms with Gasteiger partial charge in [-0.2, -0.15) is 4.98 Å². The van der Waals surface area contributed by atoms with Crippen LogP contribution in [0.2, 0.25) is 0 Å². The van der Waals surface area contributed by atoms with Crippen molar-refractivity contribution in [3.05, 3.63) is 77.4 Å². The standard InChI is InChI=1S/C27H30NO6P/c1-16-22(17-9-7-6-8-10-17)27(18-11-13-19(14-12-18)35(4,5)31)26(30,24(16)29)23-20(34-27)15-21(32-2)28-25(23)33-3/h6-16,22,24,29-30H,1-5H3/t16-,22+,24-,26+,27+/m1/s1. The van der Waals surface area contributed by atoms with E-state index < -0.39 is 30.4 Å². The molecule has 5 atom stereocenters. The predicted octanol–water partition coefficient (Wildman–Crippen LogP) is 3.62. The zero-order valence-corrected chi connectivity index (χ0v) is 21.3. The van der Waals surface area contributed by atoms with E-state index in [0.29, 0.717) is 16.9 Å². The molecule has 2 aliphatic rings. The molecule has 0 bridgehead atoms. The maximum atomic E-state index is 12.7. The molecule has 2 heterocycles. The minimum Gasteiger partial charge on any atom is -0.481 e. The second-order valence-electron chi connectivity index (χ2n) is 9.74. The average molecular weight is 496 g/mol. The monoisotopic (exact) mass is 495 g/mol. The summed E-state index contributed by atoms with van der Waals surface area (Å²) in [6.07, 6.45) is -1.19. The summed E-state index contributed by atoms with van der Waals surface area (Å²) in [6, 6.07) is 18.6. The Labute approximate surface area is 205 Å². The van der Waals surface area contributed by atoms with Gasteiger partial charge in [-0.1, -0.05) is 61.5 Å². The van der Waals surface area contributed by atoms with Crippen LogP contribution in [0, 0.1) is 5.92 Å². The highest BCUT2D eigenvalue weighted by Gasteiger charge is 2.76. The highest BCUT2D eigenvalue weighted by molar-refractivity contribution is 7.70. The molecular formula is C27H30NO6P. The fourth-order valence-electron chi connectivity index (χ4n) is 5.92. The lowest BCUT2D eigenvalue weighted by atomic mass is 9.71. The highest BCUT2D eigenvalue weighted by Crippen LogP contribution is 2.69. The molecule has 184 valence electrons. The van der Waals surface area contributed by atoms with Crippen LogP contribution >= 0.6 is 7.14 Å². The Morgan fingerprint density at radius 2 is 1.69 bits per heavy atom. The maximum absolute atomic E-state index is 12.7. The Morgan fingerprint density at radius 1 is 1.03 bits per heavy atom. The van der Waals surface area contributed by atoms with Crippen molar-refractivity contribution in [3.63, 3.8) is 0 Å². The van der Waals surface area contributed by atoms with Gasteiger partial charge in [0.25, 0.3) is 0 Å². The number of aliphatic hydroxyl groups is 2. The number of fused-ring (bicyclic) bond motifs is 3. The smallest absolute Gasteiger partial charge is 0.226 e. The fraction of sp³-hybridized carbons (Fsp3) is 0.370. The Kier molecular flexibility index (Phi) is 5.51. The van der Waals surface area contributed by atoms with Crippen LogP contribution in [0.4, 0.5) is 0 Å². The van der Waals surface area contributed by atoms with Gasteiger partial charge in [-0.05, 0) is 30.4 Å². The van der Waals surface area contributed by atoms with Crippen LogP contribution in [0.3, 0.4) is 0 Å². The lowest BCUT2D eigenvalue weighted by Gasteiger charge is -2.41. The van der Waals surface area contributed by atoms with E-state index in [4.69, 9.17) is 14.2 Å². The summed E-state index contributed by atoms with van der Waals surface area (Å²) < 4.78 is 30.4. The first kappa shape index (κ1) is 23.9. The van der Waals surface area contributed by atoms with E-state index in [1.54, 1.807) is 19.4 Å². The molecule has 1 aliphatic heterocycles. The van der Waals surface area contributed by atoms with E-state index in [0.717, 1.165) is 10.9 Å². The number of pyridine rings is 1. The number of methoxy groups -OCH3 is 2. The molecule has 1 aromatic heterocycles. The highest BCUT2D eigenvalue weighted by atomic mass is 31.2. The van der Waals surface area contributed by atoms with Crippen molar-refractivity contribution in [2.75, 3.05) is 27.5 Å². The van der Waals surface area contributed by atoms with Crippen molar-refractivity contribution in [2.24, 2.45) is 5.92 Å². The fourth-order valence-corrected chi connectivity index (χ4v) is 6.79. The van der Waals surface area contributed by atoms with Crippen molar-refractivity contribution in [2.45, 2.75) is 30.1 Å². The summed E-state index contributed by atoms with van der Waals surface area (Å²) in [5, 5.41) is 25.0. The molecule has 1 fully saturated rings. The Morgan fingerprint density at radius 3 is 2.26 bits per heavy atom. The number of aliphatic hydroxyl groups excluding tert-OH is 1. The largest absolute Gasteiger partial charge is 0.481 e. The van der Waals surface area contributed by atoms with Crippen LogP contribution < -0.4 is 19.5 Å². The van der Waals surface area contributed by atoms with Gasteiger partial charge in [-0.15, -0.1) is 0 Å². The molecule has 0 radical (unpaired) electrons. The minimum atomic E-state index is -2.50. The van der Waals surface area contributed by atoms with Crippen LogP contribution in [0.15, 0.2) is 60.7 Å². The van der Waals surface area contributed by atoms with Gasteiger partial charge in [0.15, 0.2) is 11.2 Å². The summed E-state index contributed by atoms with van der Waals surface area (Å²) in [6.45, 7) is 5.35. The van der Waals surface area contributed by atoms with E-state index in [2.05, 4.69) is 4.98 Å². The van der Waals surface area contributed by atoms with Crippen LogP contribution in [-0.4, -0.2) is 48.9 Å². The van der Waals surface area contributed by atoms with E-state index >= 15 is 0 Å². The molecule has 0 saturated heterocycles. The second kappa shape index (κ2) is 8.09. The number of aromatic nitrogens is 1. The Balaban J connectivity index is 1.83. The summed E-state index contributed by atoms with van der Waals surface area (Å²) >= 11 is 0. The van der Waals surface area contributed by atoms with E-state index in [1.807, 2.05) is 61.5 Å². The Hall–Kier alpha value is -2.86. The van der Waals surface area contributed by atoms with Crippen molar-refractivity contribution < 1.29 is 29.0 Å². The van der Waals surface area contributed by atoms with Crippen LogP contribution in [0.25, 0.3) is 0 Å². The van der Waals surface area contributed by atoms with Gasteiger partial charge in [0, 0.05) is 17.3 Å². The quantitative estimate of drug-likeness (QED) is 0.522. The number of hydrogen-bond acceptors (Lipinski definition) is 7. The molecule has 8 heteroatoms. The topological polar surface area (TPSA) is 98.1 Å². The van der Waals surface area contributed by atoms with Crippen molar-refractivity contribution in [1.82, 2.24) is 4.98 Å². The molecule has 2 aromatic carbocycles. The summed E-state index contributed by atoms with van der Waals surface area (Å²) in [5.41, 5.74) is -1.41. The van der Waals surface area contributed by atoms with Gasteiger partial charge in [0.1, 0.15) is 12.9 Å². The molecule has 0 unspecified atom stereocenters. The van der Waals surface area contributed by atoms with Crippen molar-refractivity contribution in [3.8, 4) is 17.5 Å². The molecule has 2 N–H and O–H groups in total. The lowest BCUT2D eigenvalue weighted by molar-refractivity contribution is -0.151. The molecule has 1 aliphatic carbocycles. The number of benzene rings is 2. The number of ether oxygens (including phenoxy) is 3. The van der Waals surface area contributed by atoms with E-state index in [1.165, 1.54) is 14.2 Å². The molecular weight excluding hydrogens is 465 g/mol. The predicted molar refractivity (Wildman–Crippen MR) is 133 cm³/mol. The summed E-state index contributed by atoms with van der Waals surface area (Å²) in [4.78, 5) is 4.38. The van der Waals surface area contributed by atoms with Crippen molar-refractivity contribution >= 4 is 12.4 Å². The lowest BCUT2D eigenvalue weighted by Crippen LogP contribution is -2.52. The first-order valence-electron chi connectivity index (χ1n) is 11.5. The number of rotatable bonds is 5. The normalized spacial score (nSPS) is 29.3. The third kappa shape index (κ3) is 3.18. The van der Waals surface area contributed by atoms with Crippen molar-refractivity contribution in [1.29, 1.82) is 0 Å². The summed E-state index contributed by atoms with van der Waals surface area (Å²) in [5.74, 6) is -0.0692. The first-order chi connectivity index (χ1) is 16.6. The number of hydrogen-bond donors (Lipinski definition) is 2. The molecule has 0 amide bonds. The molecule has 3 aromatic rings. The third-order valence-corrected chi connectivity index (χ3v) is 9.06. The van der Waals surface area contributed by atoms with Crippen LogP contribution in [-0.2, 0) is 15.8 Å². The maximum Gasteiger partial charge on any atom is 0.226 e. The second-order valence-corrected chi connectivity index (χ2v) is 13.0. The van der Waals surface area contributed by atoms with E-state index in [-0.39, 0.29) is 17.7 Å². The zero-order chi connectivity index (χ0) is 25.2. The number of nitrogens with zero attached hydrogens (tertiary/aromatic N) is 1. The van der Waals surface area contributed by atoms with Gasteiger partial charge in [-0.3, -0.25) is 0 Å². The molecule has 5 rings (SSSR count). The van der Waals surface area contributed by atoms with Gasteiger partial charge in [0.05, 0.1) is 25.9 Å². The minimum absolute atomic E-state index is 0.131. The average Bonchev–Trinajstić information content (AvgIpc) is 3.21. The molecule has 0 spiro atoms.